The Labute approximate surface area is 280 Å². The second-order valence-electron chi connectivity index (χ2n) is 12.3. The average molecular weight is 680 g/mol. The number of nitrogens with one attached hydrogen (secondary N) is 5. The van der Waals surface area contributed by atoms with Crippen LogP contribution in [0.2, 0.25) is 0 Å². The number of phenolic OH excluding ortho intramolecular Hbond substituents is 1. The minimum Gasteiger partial charge on any atom is -0.507 e. The SMILES string of the molecule is COC(=O)[C@@H]1COC(=O)c2ccc3c(O)c4ccccc4c(c3c2)OC(NC(C)=O)C(=O)NC(C)(C)C(=O)NC(C)(C)C(=O)NCC(=O)N1. The second kappa shape index (κ2) is 14.0. The first-order valence-electron chi connectivity index (χ1n) is 15.0. The van der Waals surface area contributed by atoms with E-state index in [-0.39, 0.29) is 27.8 Å². The summed E-state index contributed by atoms with van der Waals surface area (Å²) in [5.41, 5.74) is -3.36. The Bertz CT molecular complexity index is 1870. The van der Waals surface area contributed by atoms with Crippen molar-refractivity contribution < 1.29 is 52.9 Å². The standard InChI is InChI=1S/C33H37N5O11/c1-16(39)35-27-26(42)37-33(4,5)31(46)38-32(2,3)30(45)34-14-23(40)36-22(29(44)47-6)15-48-28(43)17-11-12-19-21(13-17)25(49-27)20-10-8-7-9-18(20)24(19)41/h7-13,22,27,41H,14-15H2,1-6H3,(H,34,45)(H,35,39)(H,36,40)(H,37,42)(H,38,46)/t22-,27?/m0/s1. The number of hydrogen-bond donors (Lipinski definition) is 6. The predicted octanol–water partition coefficient (Wildman–Crippen LogP) is 0.274. The van der Waals surface area contributed by atoms with Crippen LogP contribution in [0, 0.1) is 0 Å². The summed E-state index contributed by atoms with van der Waals surface area (Å²) in [7, 11) is 1.07. The summed E-state index contributed by atoms with van der Waals surface area (Å²) in [6.07, 6.45) is -1.74. The molecule has 1 unspecified atom stereocenters. The van der Waals surface area contributed by atoms with Crippen LogP contribution in [0.5, 0.6) is 11.5 Å². The molecule has 0 spiro atoms. The maximum Gasteiger partial charge on any atom is 0.338 e. The molecule has 0 aromatic heterocycles. The highest BCUT2D eigenvalue weighted by molar-refractivity contribution is 6.12. The summed E-state index contributed by atoms with van der Waals surface area (Å²) < 4.78 is 16.2. The van der Waals surface area contributed by atoms with Gasteiger partial charge in [-0.1, -0.05) is 24.3 Å². The number of esters is 2. The lowest BCUT2D eigenvalue weighted by Gasteiger charge is -2.32. The van der Waals surface area contributed by atoms with Gasteiger partial charge in [0.2, 0.25) is 23.6 Å². The Morgan fingerprint density at radius 1 is 0.898 bits per heavy atom. The predicted molar refractivity (Wildman–Crippen MR) is 173 cm³/mol. The monoisotopic (exact) mass is 679 g/mol. The molecule has 49 heavy (non-hydrogen) atoms. The minimum atomic E-state index is -1.74. The van der Waals surface area contributed by atoms with E-state index in [1.807, 2.05) is 0 Å². The molecule has 6 N–H and O–H groups in total. The number of hydrogen-bond acceptors (Lipinski definition) is 11. The normalized spacial score (nSPS) is 20.4. The van der Waals surface area contributed by atoms with E-state index in [1.165, 1.54) is 45.9 Å². The van der Waals surface area contributed by atoms with Crippen LogP contribution in [-0.4, -0.2) is 90.2 Å². The Kier molecular flexibility index (Phi) is 10.3. The summed E-state index contributed by atoms with van der Waals surface area (Å²) in [5.74, 6) is -6.09. The summed E-state index contributed by atoms with van der Waals surface area (Å²) in [6.45, 7) is 5.31. The molecule has 16 heteroatoms. The molecule has 1 heterocycles. The van der Waals surface area contributed by atoms with E-state index in [4.69, 9.17) is 14.2 Å². The summed E-state index contributed by atoms with van der Waals surface area (Å²) >= 11 is 0. The molecule has 0 fully saturated rings. The average Bonchev–Trinajstić information content (AvgIpc) is 3.04. The van der Waals surface area contributed by atoms with Crippen molar-refractivity contribution >= 4 is 63.0 Å². The van der Waals surface area contributed by atoms with Crippen molar-refractivity contribution in [1.82, 2.24) is 26.6 Å². The maximum atomic E-state index is 13.7. The lowest BCUT2D eigenvalue weighted by atomic mass is 9.98. The molecule has 3 aromatic carbocycles. The van der Waals surface area contributed by atoms with Gasteiger partial charge in [0.15, 0.2) is 6.04 Å². The molecule has 0 radical (unpaired) electrons. The van der Waals surface area contributed by atoms with Crippen molar-refractivity contribution in [2.24, 2.45) is 0 Å². The molecule has 3 aromatic rings. The number of cyclic esters (lactones) is 1. The van der Waals surface area contributed by atoms with Gasteiger partial charge in [-0.25, -0.2) is 9.59 Å². The largest absolute Gasteiger partial charge is 0.507 e. The first kappa shape index (κ1) is 35.9. The number of fused-ring (bicyclic) bond motifs is 3. The van der Waals surface area contributed by atoms with Crippen molar-refractivity contribution in [3.8, 4) is 11.5 Å². The third-order valence-corrected chi connectivity index (χ3v) is 7.60. The molecule has 1 aliphatic heterocycles. The van der Waals surface area contributed by atoms with Gasteiger partial charge < -0.3 is 45.9 Å². The van der Waals surface area contributed by atoms with Crippen molar-refractivity contribution in [2.75, 3.05) is 20.3 Å². The van der Waals surface area contributed by atoms with E-state index in [9.17, 15) is 38.7 Å². The molecule has 0 saturated heterocycles. The first-order chi connectivity index (χ1) is 22.9. The van der Waals surface area contributed by atoms with E-state index in [0.29, 0.717) is 10.8 Å². The molecular weight excluding hydrogens is 642 g/mol. The Morgan fingerprint density at radius 3 is 2.18 bits per heavy atom. The van der Waals surface area contributed by atoms with Gasteiger partial charge in [0.05, 0.1) is 19.2 Å². The van der Waals surface area contributed by atoms with Crippen LogP contribution >= 0.6 is 0 Å². The van der Waals surface area contributed by atoms with Gasteiger partial charge in [0.1, 0.15) is 29.2 Å². The van der Waals surface area contributed by atoms with Gasteiger partial charge in [-0.3, -0.25) is 24.0 Å². The van der Waals surface area contributed by atoms with Crippen LogP contribution in [0.15, 0.2) is 42.5 Å². The van der Waals surface area contributed by atoms with Gasteiger partial charge in [-0.15, -0.1) is 0 Å². The first-order valence-corrected chi connectivity index (χ1v) is 15.0. The van der Waals surface area contributed by atoms with Crippen LogP contribution in [-0.2, 0) is 38.2 Å². The molecular formula is C33H37N5O11. The van der Waals surface area contributed by atoms with Gasteiger partial charge in [-0.2, -0.15) is 0 Å². The molecule has 5 amide bonds. The molecule has 0 aliphatic carbocycles. The Morgan fingerprint density at radius 2 is 1.53 bits per heavy atom. The molecule has 16 nitrogen and oxygen atoms in total. The summed E-state index contributed by atoms with van der Waals surface area (Å²) in [5, 5.41) is 24.3. The number of amides is 5. The lowest BCUT2D eigenvalue weighted by Crippen LogP contribution is -2.65. The van der Waals surface area contributed by atoms with E-state index in [0.717, 1.165) is 14.0 Å². The lowest BCUT2D eigenvalue weighted by molar-refractivity contribution is -0.146. The summed E-state index contributed by atoms with van der Waals surface area (Å²) in [4.78, 5) is 90.7. The van der Waals surface area contributed by atoms with Gasteiger partial charge >= 0.3 is 11.9 Å². The van der Waals surface area contributed by atoms with Crippen LogP contribution in [0.1, 0.15) is 45.0 Å². The van der Waals surface area contributed by atoms with E-state index >= 15 is 0 Å². The number of phenols is 1. The quantitative estimate of drug-likeness (QED) is 0.159. The highest BCUT2D eigenvalue weighted by Crippen LogP contribution is 2.42. The van der Waals surface area contributed by atoms with Gasteiger partial charge in [0, 0.05) is 28.5 Å². The number of rotatable bonds is 2. The number of carbonyl (C=O) groups is 7. The number of ether oxygens (including phenoxy) is 3. The van der Waals surface area contributed by atoms with Crippen LogP contribution < -0.4 is 31.3 Å². The van der Waals surface area contributed by atoms with Gasteiger partial charge in [-0.05, 0) is 45.9 Å². The topological polar surface area (TPSA) is 228 Å². The van der Waals surface area contributed by atoms with Gasteiger partial charge in [0.25, 0.3) is 12.1 Å². The number of benzene rings is 3. The van der Waals surface area contributed by atoms with Crippen LogP contribution in [0.4, 0.5) is 0 Å². The zero-order valence-corrected chi connectivity index (χ0v) is 27.6. The van der Waals surface area contributed by atoms with E-state index in [1.54, 1.807) is 24.3 Å². The highest BCUT2D eigenvalue weighted by atomic mass is 16.5. The van der Waals surface area contributed by atoms with Crippen molar-refractivity contribution in [3.05, 3.63) is 48.0 Å². The van der Waals surface area contributed by atoms with Crippen molar-refractivity contribution in [2.45, 2.75) is 58.0 Å². The zero-order valence-electron chi connectivity index (χ0n) is 27.6. The smallest absolute Gasteiger partial charge is 0.338 e. The van der Waals surface area contributed by atoms with Crippen LogP contribution in [0.25, 0.3) is 21.5 Å². The molecule has 0 saturated carbocycles. The fraction of sp³-hybridized carbons (Fsp3) is 0.364. The molecule has 2 atom stereocenters. The van der Waals surface area contributed by atoms with Crippen molar-refractivity contribution in [3.63, 3.8) is 0 Å². The Balaban J connectivity index is 1.87. The Hall–Kier alpha value is -5.93. The third kappa shape index (κ3) is 7.97. The minimum absolute atomic E-state index is 0.0161. The molecule has 260 valence electrons. The summed E-state index contributed by atoms with van der Waals surface area (Å²) in [6, 6.07) is 9.14. The third-order valence-electron chi connectivity index (χ3n) is 7.60. The molecule has 4 rings (SSSR count). The fourth-order valence-electron chi connectivity index (χ4n) is 4.93. The zero-order chi connectivity index (χ0) is 36.3. The molecule has 2 bridgehead atoms. The number of aromatic hydroxyl groups is 1. The van der Waals surface area contributed by atoms with E-state index < -0.39 is 78.0 Å². The maximum absolute atomic E-state index is 13.7. The van der Waals surface area contributed by atoms with E-state index in [2.05, 4.69) is 26.6 Å². The molecule has 1 aliphatic rings. The number of methoxy groups -OCH3 is 1. The van der Waals surface area contributed by atoms with Crippen molar-refractivity contribution in [1.29, 1.82) is 0 Å². The van der Waals surface area contributed by atoms with Crippen LogP contribution in [0.3, 0.4) is 0 Å². The second-order valence-corrected chi connectivity index (χ2v) is 12.3. The highest BCUT2D eigenvalue weighted by Gasteiger charge is 2.39. The fourth-order valence-corrected chi connectivity index (χ4v) is 4.93. The number of carbonyl (C=O) groups excluding carboxylic acids is 7.